The summed E-state index contributed by atoms with van der Waals surface area (Å²) in [6.07, 6.45) is 0. The molecule has 7 heteroatoms. The average Bonchev–Trinajstić information content (AvgIpc) is 2.60. The Morgan fingerprint density at radius 1 is 1.00 bits per heavy atom. The number of hydrogen-bond acceptors (Lipinski definition) is 7. The van der Waals surface area contributed by atoms with Crippen LogP contribution < -0.4 is 19.7 Å². The number of nitrogens with one attached hydrogen (secondary N) is 1. The Bertz CT molecular complexity index is 722. The van der Waals surface area contributed by atoms with E-state index in [2.05, 4.69) is 41.0 Å². The van der Waals surface area contributed by atoms with Gasteiger partial charge in [0.1, 0.15) is 19.0 Å². The molecule has 0 bridgehead atoms. The van der Waals surface area contributed by atoms with Gasteiger partial charge >= 0.3 is 0 Å². The van der Waals surface area contributed by atoms with E-state index in [1.54, 1.807) is 0 Å². The molecular formula is C18H25N5O2. The summed E-state index contributed by atoms with van der Waals surface area (Å²) in [5.41, 5.74) is 1.09. The van der Waals surface area contributed by atoms with Crippen molar-refractivity contribution in [2.75, 3.05) is 37.5 Å². The zero-order chi connectivity index (χ0) is 18.0. The molecule has 0 fully saturated rings. The normalized spacial score (nSPS) is 14.3. The van der Waals surface area contributed by atoms with Crippen LogP contribution in [0.4, 0.5) is 11.9 Å². The van der Waals surface area contributed by atoms with E-state index in [-0.39, 0.29) is 12.0 Å². The van der Waals surface area contributed by atoms with Gasteiger partial charge in [-0.05, 0) is 24.6 Å². The summed E-state index contributed by atoms with van der Waals surface area (Å²) in [5.74, 6) is 3.80. The van der Waals surface area contributed by atoms with Gasteiger partial charge < -0.3 is 19.7 Å². The van der Waals surface area contributed by atoms with Crippen LogP contribution in [0.1, 0.15) is 44.1 Å². The monoisotopic (exact) mass is 343 g/mol. The van der Waals surface area contributed by atoms with Crippen molar-refractivity contribution in [2.45, 2.75) is 32.7 Å². The lowest BCUT2D eigenvalue weighted by molar-refractivity contribution is 0.171. The fourth-order valence-electron chi connectivity index (χ4n) is 2.51. The van der Waals surface area contributed by atoms with Gasteiger partial charge in [-0.15, -0.1) is 0 Å². The first kappa shape index (κ1) is 17.3. The van der Waals surface area contributed by atoms with Gasteiger partial charge in [0.15, 0.2) is 11.5 Å². The molecule has 0 radical (unpaired) electrons. The van der Waals surface area contributed by atoms with Crippen LogP contribution in [0.5, 0.6) is 11.5 Å². The van der Waals surface area contributed by atoms with Crippen LogP contribution in [0.2, 0.25) is 0 Å². The van der Waals surface area contributed by atoms with Crippen molar-refractivity contribution >= 4 is 11.9 Å². The maximum atomic E-state index is 5.66. The molecule has 1 unspecified atom stereocenters. The SMILES string of the molecule is CC(C)c1nc(NC(C)c2ccc3c(c2)OCCO3)nc(N(C)C)n1. The number of benzene rings is 1. The Hall–Kier alpha value is -2.57. The van der Waals surface area contributed by atoms with E-state index >= 15 is 0 Å². The van der Waals surface area contributed by atoms with Crippen molar-refractivity contribution in [1.29, 1.82) is 0 Å². The molecule has 1 aliphatic heterocycles. The number of aromatic nitrogens is 3. The Morgan fingerprint density at radius 3 is 2.40 bits per heavy atom. The molecule has 134 valence electrons. The van der Waals surface area contributed by atoms with Crippen LogP contribution in [0, 0.1) is 0 Å². The molecule has 25 heavy (non-hydrogen) atoms. The molecule has 0 spiro atoms. The number of anilines is 2. The Kier molecular flexibility index (Phi) is 4.92. The minimum Gasteiger partial charge on any atom is -0.486 e. The smallest absolute Gasteiger partial charge is 0.229 e. The summed E-state index contributed by atoms with van der Waals surface area (Å²) in [5, 5.41) is 3.37. The minimum absolute atomic E-state index is 0.0215. The van der Waals surface area contributed by atoms with Crippen molar-refractivity contribution in [2.24, 2.45) is 0 Å². The van der Waals surface area contributed by atoms with E-state index in [1.165, 1.54) is 0 Å². The first-order valence-corrected chi connectivity index (χ1v) is 8.53. The predicted molar refractivity (Wildman–Crippen MR) is 97.7 cm³/mol. The molecule has 0 saturated carbocycles. The highest BCUT2D eigenvalue weighted by Gasteiger charge is 2.17. The lowest BCUT2D eigenvalue weighted by Gasteiger charge is -2.21. The highest BCUT2D eigenvalue weighted by molar-refractivity contribution is 5.46. The first-order valence-electron chi connectivity index (χ1n) is 8.53. The van der Waals surface area contributed by atoms with Crippen LogP contribution in [0.3, 0.4) is 0 Å². The van der Waals surface area contributed by atoms with Crippen LogP contribution in [-0.2, 0) is 0 Å². The van der Waals surface area contributed by atoms with Crippen LogP contribution in [-0.4, -0.2) is 42.3 Å². The second-order valence-corrected chi connectivity index (χ2v) is 6.64. The van der Waals surface area contributed by atoms with E-state index in [0.717, 1.165) is 22.9 Å². The maximum absolute atomic E-state index is 5.66. The van der Waals surface area contributed by atoms with Crippen molar-refractivity contribution in [3.8, 4) is 11.5 Å². The van der Waals surface area contributed by atoms with E-state index < -0.39 is 0 Å². The summed E-state index contributed by atoms with van der Waals surface area (Å²) >= 11 is 0. The maximum Gasteiger partial charge on any atom is 0.229 e. The summed E-state index contributed by atoms with van der Waals surface area (Å²) in [4.78, 5) is 15.4. The summed E-state index contributed by atoms with van der Waals surface area (Å²) in [6.45, 7) is 7.39. The third kappa shape index (κ3) is 3.92. The van der Waals surface area contributed by atoms with Gasteiger partial charge in [-0.1, -0.05) is 19.9 Å². The molecule has 1 aliphatic rings. The van der Waals surface area contributed by atoms with Gasteiger partial charge in [-0.25, -0.2) is 0 Å². The Morgan fingerprint density at radius 2 is 1.72 bits per heavy atom. The number of nitrogens with zero attached hydrogens (tertiary/aromatic N) is 4. The fraction of sp³-hybridized carbons (Fsp3) is 0.500. The van der Waals surface area contributed by atoms with Crippen molar-refractivity contribution in [3.63, 3.8) is 0 Å². The van der Waals surface area contributed by atoms with Gasteiger partial charge in [0.05, 0.1) is 6.04 Å². The molecule has 1 N–H and O–H groups in total. The van der Waals surface area contributed by atoms with Crippen molar-refractivity contribution < 1.29 is 9.47 Å². The Labute approximate surface area is 148 Å². The number of hydrogen-bond donors (Lipinski definition) is 1. The molecular weight excluding hydrogens is 318 g/mol. The highest BCUT2D eigenvalue weighted by atomic mass is 16.6. The van der Waals surface area contributed by atoms with E-state index in [4.69, 9.17) is 9.47 Å². The molecule has 0 aliphatic carbocycles. The molecule has 3 rings (SSSR count). The topological polar surface area (TPSA) is 72.4 Å². The van der Waals surface area contributed by atoms with Crippen molar-refractivity contribution in [1.82, 2.24) is 15.0 Å². The molecule has 2 aromatic rings. The van der Waals surface area contributed by atoms with E-state index in [1.807, 2.05) is 37.2 Å². The molecule has 0 amide bonds. The largest absolute Gasteiger partial charge is 0.486 e. The third-order valence-electron chi connectivity index (χ3n) is 3.97. The van der Waals surface area contributed by atoms with Gasteiger partial charge in [0.25, 0.3) is 0 Å². The molecule has 1 aromatic heterocycles. The number of ether oxygens (including phenoxy) is 2. The van der Waals surface area contributed by atoms with E-state index in [0.29, 0.717) is 25.1 Å². The first-order chi connectivity index (χ1) is 11.9. The lowest BCUT2D eigenvalue weighted by atomic mass is 10.1. The number of fused-ring (bicyclic) bond motifs is 1. The summed E-state index contributed by atoms with van der Waals surface area (Å²) in [6, 6.07) is 6.00. The van der Waals surface area contributed by atoms with Gasteiger partial charge in [0, 0.05) is 20.0 Å². The zero-order valence-corrected chi connectivity index (χ0v) is 15.4. The standard InChI is InChI=1S/C18H25N5O2/c1-11(2)16-20-17(22-18(21-16)23(4)5)19-12(3)13-6-7-14-15(10-13)25-9-8-24-14/h6-7,10-12H,8-9H2,1-5H3,(H,19,20,21,22). The third-order valence-corrected chi connectivity index (χ3v) is 3.97. The zero-order valence-electron chi connectivity index (χ0n) is 15.4. The predicted octanol–water partition coefficient (Wildman–Crippen LogP) is 3.01. The molecule has 1 aromatic carbocycles. The molecule has 1 atom stereocenters. The van der Waals surface area contributed by atoms with E-state index in [9.17, 15) is 0 Å². The molecule has 7 nitrogen and oxygen atoms in total. The summed E-state index contributed by atoms with van der Waals surface area (Å²) < 4.78 is 11.2. The Balaban J connectivity index is 1.83. The summed E-state index contributed by atoms with van der Waals surface area (Å²) in [7, 11) is 3.85. The molecule has 0 saturated heterocycles. The quantitative estimate of drug-likeness (QED) is 0.894. The van der Waals surface area contributed by atoms with Crippen LogP contribution in [0.15, 0.2) is 18.2 Å². The van der Waals surface area contributed by atoms with Gasteiger partial charge in [0.2, 0.25) is 11.9 Å². The lowest BCUT2D eigenvalue weighted by Crippen LogP contribution is -2.19. The van der Waals surface area contributed by atoms with Gasteiger partial charge in [-0.2, -0.15) is 15.0 Å². The van der Waals surface area contributed by atoms with Crippen LogP contribution >= 0.6 is 0 Å². The fourth-order valence-corrected chi connectivity index (χ4v) is 2.51. The minimum atomic E-state index is 0.0215. The number of rotatable bonds is 5. The van der Waals surface area contributed by atoms with Crippen LogP contribution in [0.25, 0.3) is 0 Å². The van der Waals surface area contributed by atoms with Gasteiger partial charge in [-0.3, -0.25) is 0 Å². The molecule has 2 heterocycles. The second-order valence-electron chi connectivity index (χ2n) is 6.64. The average molecular weight is 343 g/mol. The van der Waals surface area contributed by atoms with Crippen molar-refractivity contribution in [3.05, 3.63) is 29.6 Å². The highest BCUT2D eigenvalue weighted by Crippen LogP contribution is 2.33. The second kappa shape index (κ2) is 7.13.